The summed E-state index contributed by atoms with van der Waals surface area (Å²) in [6, 6.07) is 13.5. The van der Waals surface area contributed by atoms with Gasteiger partial charge in [0.15, 0.2) is 4.34 Å². The number of nitrogens with zero attached hydrogens (tertiary/aromatic N) is 1. The average Bonchev–Trinajstić information content (AvgIpc) is 3.09. The van der Waals surface area contributed by atoms with Gasteiger partial charge in [-0.3, -0.25) is 9.59 Å². The van der Waals surface area contributed by atoms with Gasteiger partial charge in [-0.2, -0.15) is 0 Å². The van der Waals surface area contributed by atoms with Crippen molar-refractivity contribution in [1.82, 2.24) is 4.98 Å². The Kier molecular flexibility index (Phi) is 7.28. The molecule has 0 spiro atoms. The molecule has 0 fully saturated rings. The van der Waals surface area contributed by atoms with Gasteiger partial charge in [0, 0.05) is 17.3 Å². The van der Waals surface area contributed by atoms with E-state index in [1.165, 1.54) is 23.1 Å². The van der Waals surface area contributed by atoms with Crippen LogP contribution in [0.15, 0.2) is 46.8 Å². The summed E-state index contributed by atoms with van der Waals surface area (Å²) in [4.78, 5) is 29.1. The molecule has 5 nitrogen and oxygen atoms in total. The first-order chi connectivity index (χ1) is 14.0. The fraction of sp³-hybridized carbons (Fsp3) is 0.318. The van der Waals surface area contributed by atoms with Crippen LogP contribution in [0.4, 0.5) is 11.4 Å². The number of carbonyl (C=O) groups excluding carboxylic acids is 2. The van der Waals surface area contributed by atoms with Crippen molar-refractivity contribution in [3.05, 3.63) is 48.0 Å². The fourth-order valence-electron chi connectivity index (χ4n) is 2.99. The highest BCUT2D eigenvalue weighted by Gasteiger charge is 2.15. The van der Waals surface area contributed by atoms with Crippen molar-refractivity contribution in [3.8, 4) is 0 Å². The van der Waals surface area contributed by atoms with Crippen LogP contribution >= 0.6 is 23.1 Å². The number of carbonyl (C=O) groups is 2. The van der Waals surface area contributed by atoms with E-state index in [0.29, 0.717) is 5.75 Å². The highest BCUT2D eigenvalue weighted by molar-refractivity contribution is 8.01. The lowest BCUT2D eigenvalue weighted by Gasteiger charge is -2.12. The van der Waals surface area contributed by atoms with Crippen LogP contribution in [0.2, 0.25) is 0 Å². The molecular weight excluding hydrogens is 402 g/mol. The van der Waals surface area contributed by atoms with E-state index in [1.807, 2.05) is 63.2 Å². The third-order valence-electron chi connectivity index (χ3n) is 4.62. The minimum absolute atomic E-state index is 0.0326. The lowest BCUT2D eigenvalue weighted by molar-refractivity contribution is -0.120. The van der Waals surface area contributed by atoms with Crippen molar-refractivity contribution >= 4 is 56.5 Å². The number of aryl methyl sites for hydroxylation is 1. The second-order valence-electron chi connectivity index (χ2n) is 6.87. The van der Waals surface area contributed by atoms with Gasteiger partial charge in [0.2, 0.25) is 11.8 Å². The number of thioether (sulfide) groups is 1. The maximum atomic E-state index is 12.3. The van der Waals surface area contributed by atoms with Crippen LogP contribution in [0.25, 0.3) is 10.2 Å². The van der Waals surface area contributed by atoms with E-state index in [1.54, 1.807) is 0 Å². The van der Waals surface area contributed by atoms with Crippen molar-refractivity contribution in [2.24, 2.45) is 5.92 Å². The van der Waals surface area contributed by atoms with Gasteiger partial charge in [-0.15, -0.1) is 11.3 Å². The summed E-state index contributed by atoms with van der Waals surface area (Å²) in [7, 11) is 0. The molecule has 7 heteroatoms. The summed E-state index contributed by atoms with van der Waals surface area (Å²) >= 11 is 2.95. The number of amides is 2. The SMILES string of the molecule is CCC(CC)C(=O)Nc1ccc2nc(SCC(=O)Nc3cccc(C)c3)sc2c1. The first-order valence-electron chi connectivity index (χ1n) is 9.69. The summed E-state index contributed by atoms with van der Waals surface area (Å²) in [5.74, 6) is 0.330. The van der Waals surface area contributed by atoms with E-state index >= 15 is 0 Å². The van der Waals surface area contributed by atoms with Gasteiger partial charge in [0.1, 0.15) is 0 Å². The van der Waals surface area contributed by atoms with Crippen molar-refractivity contribution in [2.45, 2.75) is 38.0 Å². The number of hydrogen-bond acceptors (Lipinski definition) is 5. The first-order valence-corrected chi connectivity index (χ1v) is 11.5. The molecule has 0 aliphatic rings. The first kappa shape index (κ1) is 21.3. The minimum Gasteiger partial charge on any atom is -0.326 e. The maximum absolute atomic E-state index is 12.3. The molecule has 152 valence electrons. The molecule has 3 rings (SSSR count). The molecule has 29 heavy (non-hydrogen) atoms. The Hall–Kier alpha value is -2.38. The van der Waals surface area contributed by atoms with E-state index in [2.05, 4.69) is 15.6 Å². The molecule has 2 amide bonds. The molecule has 0 unspecified atom stereocenters. The monoisotopic (exact) mass is 427 g/mol. The van der Waals surface area contributed by atoms with Gasteiger partial charge in [-0.1, -0.05) is 37.7 Å². The molecule has 3 aromatic rings. The zero-order valence-electron chi connectivity index (χ0n) is 16.8. The molecule has 2 aromatic carbocycles. The molecule has 0 bridgehead atoms. The largest absolute Gasteiger partial charge is 0.326 e. The highest BCUT2D eigenvalue weighted by atomic mass is 32.2. The quantitative estimate of drug-likeness (QED) is 0.452. The third kappa shape index (κ3) is 5.81. The molecule has 0 saturated carbocycles. The summed E-state index contributed by atoms with van der Waals surface area (Å²) in [6.45, 7) is 6.05. The van der Waals surface area contributed by atoms with Crippen LogP contribution in [0, 0.1) is 12.8 Å². The van der Waals surface area contributed by atoms with Gasteiger partial charge in [-0.05, 0) is 55.7 Å². The van der Waals surface area contributed by atoms with Crippen LogP contribution in [0.3, 0.4) is 0 Å². The van der Waals surface area contributed by atoms with Crippen LogP contribution in [0.1, 0.15) is 32.3 Å². The van der Waals surface area contributed by atoms with Crippen molar-refractivity contribution in [2.75, 3.05) is 16.4 Å². The number of rotatable bonds is 8. The minimum atomic E-state index is -0.0574. The predicted molar refractivity (Wildman–Crippen MR) is 123 cm³/mol. The number of nitrogens with one attached hydrogen (secondary N) is 2. The van der Waals surface area contributed by atoms with Crippen LogP contribution in [-0.2, 0) is 9.59 Å². The number of anilines is 2. The number of hydrogen-bond donors (Lipinski definition) is 2. The lowest BCUT2D eigenvalue weighted by Crippen LogP contribution is -2.21. The van der Waals surface area contributed by atoms with Gasteiger partial charge in [0.05, 0.1) is 16.0 Å². The Morgan fingerprint density at radius 3 is 2.55 bits per heavy atom. The van der Waals surface area contributed by atoms with E-state index in [4.69, 9.17) is 0 Å². The van der Waals surface area contributed by atoms with E-state index in [9.17, 15) is 9.59 Å². The summed E-state index contributed by atoms with van der Waals surface area (Å²) in [5.41, 5.74) is 3.57. The fourth-order valence-corrected chi connectivity index (χ4v) is 4.90. The topological polar surface area (TPSA) is 71.1 Å². The highest BCUT2D eigenvalue weighted by Crippen LogP contribution is 2.31. The summed E-state index contributed by atoms with van der Waals surface area (Å²) in [6.07, 6.45) is 1.66. The predicted octanol–water partition coefficient (Wildman–Crippen LogP) is 5.71. The lowest BCUT2D eigenvalue weighted by atomic mass is 10.0. The Labute approximate surface area is 179 Å². The number of fused-ring (bicyclic) bond motifs is 1. The Bertz CT molecular complexity index is 1010. The molecule has 0 aliphatic carbocycles. The van der Waals surface area contributed by atoms with Gasteiger partial charge >= 0.3 is 0 Å². The molecule has 0 saturated heterocycles. The Morgan fingerprint density at radius 1 is 1.07 bits per heavy atom. The zero-order chi connectivity index (χ0) is 20.8. The van der Waals surface area contributed by atoms with Gasteiger partial charge in [-0.25, -0.2) is 4.98 Å². The van der Waals surface area contributed by atoms with Crippen LogP contribution in [0.5, 0.6) is 0 Å². The third-order valence-corrected chi connectivity index (χ3v) is 6.78. The molecule has 1 heterocycles. The van der Waals surface area contributed by atoms with Crippen molar-refractivity contribution < 1.29 is 9.59 Å². The summed E-state index contributed by atoms with van der Waals surface area (Å²) in [5, 5.41) is 5.90. The van der Waals surface area contributed by atoms with E-state index in [0.717, 1.165) is 44.3 Å². The zero-order valence-corrected chi connectivity index (χ0v) is 18.5. The smallest absolute Gasteiger partial charge is 0.234 e. The number of aromatic nitrogens is 1. The second-order valence-corrected chi connectivity index (χ2v) is 9.12. The van der Waals surface area contributed by atoms with E-state index < -0.39 is 0 Å². The second kappa shape index (κ2) is 9.89. The van der Waals surface area contributed by atoms with Crippen LogP contribution < -0.4 is 10.6 Å². The Balaban J connectivity index is 1.61. The molecule has 0 aliphatic heterocycles. The number of benzene rings is 2. The standard InChI is InChI=1S/C22H25N3O2S2/c1-4-15(5-2)21(27)24-17-9-10-18-19(12-17)29-22(25-18)28-13-20(26)23-16-8-6-7-14(3)11-16/h6-12,15H,4-5,13H2,1-3H3,(H,23,26)(H,24,27). The van der Waals surface area contributed by atoms with Gasteiger partial charge < -0.3 is 10.6 Å². The van der Waals surface area contributed by atoms with E-state index in [-0.39, 0.29) is 17.7 Å². The van der Waals surface area contributed by atoms with Crippen LogP contribution in [-0.4, -0.2) is 22.6 Å². The maximum Gasteiger partial charge on any atom is 0.234 e. The molecule has 1 aromatic heterocycles. The average molecular weight is 428 g/mol. The normalized spacial score (nSPS) is 11.0. The van der Waals surface area contributed by atoms with Crippen molar-refractivity contribution in [3.63, 3.8) is 0 Å². The molecule has 0 radical (unpaired) electrons. The number of thiazole rings is 1. The molecule has 0 atom stereocenters. The van der Waals surface area contributed by atoms with Crippen molar-refractivity contribution in [1.29, 1.82) is 0 Å². The van der Waals surface area contributed by atoms with Gasteiger partial charge in [0.25, 0.3) is 0 Å². The molecule has 2 N–H and O–H groups in total. The Morgan fingerprint density at radius 2 is 1.83 bits per heavy atom. The molecular formula is C22H25N3O2S2. The summed E-state index contributed by atoms with van der Waals surface area (Å²) < 4.78 is 1.83.